The number of hydrogen-bond acceptors (Lipinski definition) is 6. The van der Waals surface area contributed by atoms with E-state index < -0.39 is 10.0 Å². The van der Waals surface area contributed by atoms with Crippen LogP contribution >= 0.6 is 0 Å². The molecule has 0 atom stereocenters. The number of benzene rings is 2. The van der Waals surface area contributed by atoms with E-state index in [-0.39, 0.29) is 16.6 Å². The molecule has 2 aromatic rings. The third kappa shape index (κ3) is 5.52. The van der Waals surface area contributed by atoms with Crippen LogP contribution in [0.3, 0.4) is 0 Å². The second-order valence-electron chi connectivity index (χ2n) is 5.49. The Morgan fingerprint density at radius 3 is 2.22 bits per heavy atom. The van der Waals surface area contributed by atoms with E-state index in [0.717, 1.165) is 11.3 Å². The van der Waals surface area contributed by atoms with Gasteiger partial charge in [0.15, 0.2) is 0 Å². The number of hydrogen-bond donors (Lipinski definition) is 2. The number of sulfonamides is 1. The molecule has 0 unspecified atom stereocenters. The zero-order valence-corrected chi connectivity index (χ0v) is 16.2. The lowest BCUT2D eigenvalue weighted by Crippen LogP contribution is -2.37. The maximum atomic E-state index is 12.6. The highest BCUT2D eigenvalue weighted by Crippen LogP contribution is 2.27. The molecule has 0 aliphatic carbocycles. The lowest BCUT2D eigenvalue weighted by atomic mass is 10.1. The Morgan fingerprint density at radius 2 is 1.63 bits per heavy atom. The molecule has 0 spiro atoms. The minimum absolute atomic E-state index is 0.0855. The minimum Gasteiger partial charge on any atom is -0.497 e. The van der Waals surface area contributed by atoms with Gasteiger partial charge >= 0.3 is 0 Å². The summed E-state index contributed by atoms with van der Waals surface area (Å²) < 4.78 is 42.7. The molecule has 0 amide bonds. The molecule has 9 heteroatoms. The smallest absolute Gasteiger partial charge is 0.267 e. The molecule has 0 aliphatic heterocycles. The first kappa shape index (κ1) is 20.4. The lowest BCUT2D eigenvalue weighted by Gasteiger charge is -2.12. The zero-order chi connectivity index (χ0) is 19.9. The number of methoxy groups -OCH3 is 3. The Bertz CT molecular complexity index is 896. The lowest BCUT2D eigenvalue weighted by molar-refractivity contribution is 0.392. The molecule has 3 N–H and O–H groups in total. The van der Waals surface area contributed by atoms with Crippen LogP contribution in [0.2, 0.25) is 0 Å². The highest BCUT2D eigenvalue weighted by Gasteiger charge is 2.21. The van der Waals surface area contributed by atoms with Crippen LogP contribution in [0.15, 0.2) is 52.4 Å². The monoisotopic (exact) mass is 393 g/mol. The van der Waals surface area contributed by atoms with Crippen molar-refractivity contribution in [2.24, 2.45) is 10.7 Å². The third-order valence-electron chi connectivity index (χ3n) is 3.74. The predicted molar refractivity (Wildman–Crippen MR) is 103 cm³/mol. The first-order valence-electron chi connectivity index (χ1n) is 8.07. The number of rotatable bonds is 8. The van der Waals surface area contributed by atoms with Crippen molar-refractivity contribution in [1.82, 2.24) is 4.72 Å². The molecule has 8 nitrogen and oxygen atoms in total. The van der Waals surface area contributed by atoms with Crippen molar-refractivity contribution in [3.05, 3.63) is 48.0 Å². The van der Waals surface area contributed by atoms with Gasteiger partial charge < -0.3 is 19.9 Å². The van der Waals surface area contributed by atoms with E-state index in [1.54, 1.807) is 13.2 Å². The number of aliphatic imine (C=N–C) groups is 1. The van der Waals surface area contributed by atoms with Crippen molar-refractivity contribution >= 4 is 16.0 Å². The molecular formula is C18H23N3O5S. The molecule has 0 aliphatic rings. The van der Waals surface area contributed by atoms with Crippen LogP contribution in [-0.2, 0) is 16.4 Å². The summed E-state index contributed by atoms with van der Waals surface area (Å²) >= 11 is 0. The molecule has 2 aromatic carbocycles. The highest BCUT2D eigenvalue weighted by molar-refractivity contribution is 7.90. The molecular weight excluding hydrogens is 370 g/mol. The Morgan fingerprint density at radius 1 is 1.00 bits per heavy atom. The van der Waals surface area contributed by atoms with Gasteiger partial charge in [0, 0.05) is 12.6 Å². The molecule has 27 heavy (non-hydrogen) atoms. The van der Waals surface area contributed by atoms with Crippen LogP contribution in [0.4, 0.5) is 0 Å². The second-order valence-corrected chi connectivity index (χ2v) is 7.14. The third-order valence-corrected chi connectivity index (χ3v) is 5.12. The topological polar surface area (TPSA) is 112 Å². The quantitative estimate of drug-likeness (QED) is 0.520. The van der Waals surface area contributed by atoms with Crippen molar-refractivity contribution in [3.8, 4) is 17.2 Å². The van der Waals surface area contributed by atoms with Crippen molar-refractivity contribution in [3.63, 3.8) is 0 Å². The molecule has 0 bridgehead atoms. The van der Waals surface area contributed by atoms with E-state index in [9.17, 15) is 8.42 Å². The van der Waals surface area contributed by atoms with Crippen LogP contribution in [0.25, 0.3) is 0 Å². The second kappa shape index (κ2) is 9.13. The van der Waals surface area contributed by atoms with Gasteiger partial charge in [-0.2, -0.15) is 0 Å². The number of nitrogens with zero attached hydrogens (tertiary/aromatic N) is 1. The first-order chi connectivity index (χ1) is 12.9. The summed E-state index contributed by atoms with van der Waals surface area (Å²) in [6, 6.07) is 12.0. The zero-order valence-electron chi connectivity index (χ0n) is 15.4. The van der Waals surface area contributed by atoms with Crippen LogP contribution in [0, 0.1) is 0 Å². The van der Waals surface area contributed by atoms with Crippen LogP contribution < -0.4 is 24.7 Å². The summed E-state index contributed by atoms with van der Waals surface area (Å²) in [6.07, 6.45) is 0.606. The summed E-state index contributed by atoms with van der Waals surface area (Å²) in [5.41, 5.74) is 6.77. The average Bonchev–Trinajstić information content (AvgIpc) is 2.67. The van der Waals surface area contributed by atoms with Gasteiger partial charge in [-0.1, -0.05) is 12.1 Å². The maximum Gasteiger partial charge on any atom is 0.267 e. The average molecular weight is 393 g/mol. The first-order valence-corrected chi connectivity index (χ1v) is 9.55. The Hall–Kier alpha value is -2.94. The standard InChI is InChI=1S/C18H23N3O5S/c1-24-14-6-4-13(5-7-14)10-11-20-18(19)21-27(22,23)17-12-15(25-2)8-9-16(17)26-3/h4-9,12H,10-11H2,1-3H3,(H3,19,20,21). The number of nitrogens with two attached hydrogens (primary N) is 1. The molecule has 0 radical (unpaired) electrons. The van der Waals surface area contributed by atoms with Gasteiger partial charge in [-0.25, -0.2) is 13.1 Å². The van der Waals surface area contributed by atoms with Crippen molar-refractivity contribution in [2.75, 3.05) is 27.9 Å². The molecule has 0 aromatic heterocycles. The Kier molecular flexibility index (Phi) is 6.89. The summed E-state index contributed by atoms with van der Waals surface area (Å²) in [7, 11) is 0.462. The van der Waals surface area contributed by atoms with E-state index >= 15 is 0 Å². The molecule has 146 valence electrons. The molecule has 0 saturated heterocycles. The van der Waals surface area contributed by atoms with E-state index in [1.807, 2.05) is 24.3 Å². The van der Waals surface area contributed by atoms with E-state index in [0.29, 0.717) is 18.7 Å². The van der Waals surface area contributed by atoms with E-state index in [2.05, 4.69) is 9.71 Å². The fourth-order valence-electron chi connectivity index (χ4n) is 2.32. The van der Waals surface area contributed by atoms with E-state index in [4.69, 9.17) is 19.9 Å². The van der Waals surface area contributed by atoms with Gasteiger partial charge in [-0.3, -0.25) is 4.99 Å². The highest BCUT2D eigenvalue weighted by atomic mass is 32.2. The molecule has 0 saturated carbocycles. The summed E-state index contributed by atoms with van der Waals surface area (Å²) in [4.78, 5) is 3.99. The van der Waals surface area contributed by atoms with Gasteiger partial charge in [-0.15, -0.1) is 0 Å². The van der Waals surface area contributed by atoms with Gasteiger partial charge in [-0.05, 0) is 36.2 Å². The van der Waals surface area contributed by atoms with Crippen LogP contribution in [-0.4, -0.2) is 42.3 Å². The number of nitrogens with one attached hydrogen (secondary N) is 1. The Labute approximate surface area is 159 Å². The van der Waals surface area contributed by atoms with Crippen molar-refractivity contribution in [2.45, 2.75) is 11.3 Å². The molecule has 0 heterocycles. The summed E-state index contributed by atoms with van der Waals surface area (Å²) in [5, 5.41) is 0. The predicted octanol–water partition coefficient (Wildman–Crippen LogP) is 1.55. The number of ether oxygens (including phenoxy) is 3. The number of guanidine groups is 1. The van der Waals surface area contributed by atoms with E-state index in [1.165, 1.54) is 26.4 Å². The van der Waals surface area contributed by atoms with Gasteiger partial charge in [0.2, 0.25) is 5.96 Å². The summed E-state index contributed by atoms with van der Waals surface area (Å²) in [6.45, 7) is 0.329. The minimum atomic E-state index is -3.97. The fraction of sp³-hybridized carbons (Fsp3) is 0.278. The van der Waals surface area contributed by atoms with Crippen molar-refractivity contribution < 1.29 is 22.6 Å². The van der Waals surface area contributed by atoms with Gasteiger partial charge in [0.05, 0.1) is 21.3 Å². The molecule has 0 fully saturated rings. The normalized spacial score (nSPS) is 11.7. The van der Waals surface area contributed by atoms with Crippen LogP contribution in [0.5, 0.6) is 17.2 Å². The summed E-state index contributed by atoms with van der Waals surface area (Å²) in [5.74, 6) is 1.12. The Balaban J connectivity index is 2.06. The largest absolute Gasteiger partial charge is 0.497 e. The SMILES string of the molecule is COc1ccc(CCN=C(N)NS(=O)(=O)c2cc(OC)ccc2OC)cc1. The van der Waals surface area contributed by atoms with Crippen molar-refractivity contribution in [1.29, 1.82) is 0 Å². The van der Waals surface area contributed by atoms with Crippen LogP contribution in [0.1, 0.15) is 5.56 Å². The molecule has 2 rings (SSSR count). The van der Waals surface area contributed by atoms with Gasteiger partial charge in [0.25, 0.3) is 10.0 Å². The van der Waals surface area contributed by atoms with Gasteiger partial charge in [0.1, 0.15) is 22.1 Å². The fourth-order valence-corrected chi connectivity index (χ4v) is 3.45. The maximum absolute atomic E-state index is 12.6.